The van der Waals surface area contributed by atoms with Crippen molar-refractivity contribution in [2.24, 2.45) is 5.14 Å². The Balaban J connectivity index is 1.73. The van der Waals surface area contributed by atoms with Gasteiger partial charge in [0.25, 0.3) is 5.91 Å². The van der Waals surface area contributed by atoms with E-state index in [2.05, 4.69) is 23.3 Å². The number of hydrogen-bond donors (Lipinski definition) is 4. The minimum atomic E-state index is -3.79. The van der Waals surface area contributed by atoms with Gasteiger partial charge in [-0.1, -0.05) is 57.8 Å². The van der Waals surface area contributed by atoms with Crippen LogP contribution in [0.4, 0.5) is 4.79 Å². The lowest BCUT2D eigenvalue weighted by Gasteiger charge is -2.09. The van der Waals surface area contributed by atoms with Gasteiger partial charge in [0.1, 0.15) is 6.61 Å². The number of benzene rings is 1. The summed E-state index contributed by atoms with van der Waals surface area (Å²) in [6.07, 6.45) is 14.4. The Morgan fingerprint density at radius 1 is 0.509 bits per heavy atom. The van der Waals surface area contributed by atoms with E-state index in [9.17, 15) is 18.0 Å². The summed E-state index contributed by atoms with van der Waals surface area (Å²) in [4.78, 5) is 23.9. The van der Waals surface area contributed by atoms with E-state index in [-0.39, 0.29) is 24.0 Å². The van der Waals surface area contributed by atoms with Crippen molar-refractivity contribution in [2.45, 2.75) is 88.4 Å². The number of nitrogens with two attached hydrogens (primary N) is 1. The molecule has 0 bridgehead atoms. The summed E-state index contributed by atoms with van der Waals surface area (Å²) in [5.41, 5.74) is 0.362. The highest BCUT2D eigenvalue weighted by atomic mass is 32.2. The molecule has 53 heavy (non-hydrogen) atoms. The fourth-order valence-corrected chi connectivity index (χ4v) is 5.63. The molecule has 0 aliphatic carbocycles. The van der Waals surface area contributed by atoms with Crippen molar-refractivity contribution >= 4 is 34.7 Å². The second-order valence-corrected chi connectivity index (χ2v) is 14.4. The number of unbranched alkanes of at least 4 members (excludes halogenated alkanes) is 11. The highest BCUT2D eigenvalue weighted by Crippen LogP contribution is 2.11. The minimum Gasteiger partial charge on any atom is -0.447 e. The van der Waals surface area contributed by atoms with Gasteiger partial charge >= 0.3 is 6.09 Å². The molecule has 0 aromatic heterocycles. The van der Waals surface area contributed by atoms with Crippen molar-refractivity contribution in [3.63, 3.8) is 0 Å². The molecule has 0 saturated heterocycles. The lowest BCUT2D eigenvalue weighted by molar-refractivity contribution is -0.0186. The van der Waals surface area contributed by atoms with Gasteiger partial charge in [0.15, 0.2) is 0 Å². The van der Waals surface area contributed by atoms with E-state index < -0.39 is 16.1 Å². The van der Waals surface area contributed by atoms with Crippen LogP contribution >= 0.6 is 12.6 Å². The molecule has 4 N–H and O–H groups in total. The van der Waals surface area contributed by atoms with Crippen LogP contribution < -0.4 is 15.8 Å². The van der Waals surface area contributed by atoms with Crippen molar-refractivity contribution in [3.05, 3.63) is 29.8 Å². The Morgan fingerprint density at radius 3 is 1.34 bits per heavy atom. The standard InChI is InChI=1S/C37H67N3O11S2/c38-53(43,44)35-16-14-34(15-17-35)36(41)39-18-10-6-7-11-19-40-37(42)51-32-31-50-30-29-49-28-27-48-26-25-47-24-23-46-22-21-45-20-12-8-4-2-1-3-5-9-13-33-52/h14-17,52H,1-13,18-33H2,(H,39,41)(H,40,42)(H2,38,43,44). The number of nitrogens with one attached hydrogen (secondary N) is 2. The quantitative estimate of drug-likeness (QED) is 0.0529. The summed E-state index contributed by atoms with van der Waals surface area (Å²) in [6, 6.07) is 5.45. The first kappa shape index (κ1) is 49.0. The Bertz CT molecular complexity index is 1120. The Labute approximate surface area is 323 Å². The van der Waals surface area contributed by atoms with Gasteiger partial charge in [0, 0.05) is 25.3 Å². The van der Waals surface area contributed by atoms with Crippen molar-refractivity contribution in [3.8, 4) is 0 Å². The predicted molar refractivity (Wildman–Crippen MR) is 208 cm³/mol. The number of carbonyl (C=O) groups excluding carboxylic acids is 2. The number of hydrogen-bond acceptors (Lipinski definition) is 12. The lowest BCUT2D eigenvalue weighted by atomic mass is 10.1. The zero-order valence-corrected chi connectivity index (χ0v) is 33.4. The molecule has 0 fully saturated rings. The van der Waals surface area contributed by atoms with Crippen LogP contribution in [-0.4, -0.2) is 125 Å². The number of ether oxygens (including phenoxy) is 7. The van der Waals surface area contributed by atoms with Gasteiger partial charge in [-0.2, -0.15) is 12.6 Å². The van der Waals surface area contributed by atoms with Crippen molar-refractivity contribution in [1.82, 2.24) is 10.6 Å². The average Bonchev–Trinajstić information content (AvgIpc) is 3.14. The van der Waals surface area contributed by atoms with E-state index >= 15 is 0 Å². The number of primary sulfonamides is 1. The fourth-order valence-electron chi connectivity index (χ4n) is 4.89. The molecule has 308 valence electrons. The molecule has 0 unspecified atom stereocenters. The third kappa shape index (κ3) is 32.0. The normalized spacial score (nSPS) is 11.5. The predicted octanol–water partition coefficient (Wildman–Crippen LogP) is 4.89. The maximum absolute atomic E-state index is 12.1. The topological polar surface area (TPSA) is 183 Å². The number of sulfonamides is 1. The van der Waals surface area contributed by atoms with Crippen LogP contribution in [0.3, 0.4) is 0 Å². The van der Waals surface area contributed by atoms with Gasteiger partial charge in [-0.25, -0.2) is 18.4 Å². The van der Waals surface area contributed by atoms with Gasteiger partial charge in [-0.15, -0.1) is 0 Å². The van der Waals surface area contributed by atoms with Crippen molar-refractivity contribution < 1.29 is 51.2 Å². The Hall–Kier alpha value is -2.02. The van der Waals surface area contributed by atoms with Crippen LogP contribution in [0.25, 0.3) is 0 Å². The van der Waals surface area contributed by atoms with E-state index in [1.54, 1.807) is 0 Å². The highest BCUT2D eigenvalue weighted by Gasteiger charge is 2.10. The van der Waals surface area contributed by atoms with Crippen LogP contribution in [-0.2, 0) is 43.2 Å². The molecule has 0 aliphatic rings. The first-order valence-electron chi connectivity index (χ1n) is 19.2. The average molecular weight is 794 g/mol. The first-order chi connectivity index (χ1) is 25.8. The molecule has 1 aromatic rings. The molecule has 0 saturated carbocycles. The van der Waals surface area contributed by atoms with E-state index in [0.29, 0.717) is 84.7 Å². The molecule has 16 heteroatoms. The molecule has 0 radical (unpaired) electrons. The Morgan fingerprint density at radius 2 is 0.887 bits per heavy atom. The molecule has 1 aromatic carbocycles. The number of rotatable bonds is 38. The zero-order valence-electron chi connectivity index (χ0n) is 31.7. The summed E-state index contributed by atoms with van der Waals surface area (Å²) in [6.45, 7) is 7.21. The summed E-state index contributed by atoms with van der Waals surface area (Å²) in [5, 5.41) is 10.6. The molecule has 2 amide bonds. The van der Waals surface area contributed by atoms with Crippen LogP contribution in [0, 0.1) is 0 Å². The SMILES string of the molecule is NS(=O)(=O)c1ccc(C(=O)NCCCCCCNC(=O)OCCOCCOCCOCCOCCOCCOCCCCCCCCCCCS)cc1. The molecule has 0 heterocycles. The van der Waals surface area contributed by atoms with Crippen LogP contribution in [0.1, 0.15) is 93.8 Å². The van der Waals surface area contributed by atoms with Gasteiger partial charge in [0.05, 0.1) is 77.6 Å². The van der Waals surface area contributed by atoms with Crippen molar-refractivity contribution in [2.75, 3.05) is 105 Å². The molecule has 0 spiro atoms. The summed E-state index contributed by atoms with van der Waals surface area (Å²) < 4.78 is 60.7. The number of alkyl carbamates (subject to hydrolysis) is 1. The van der Waals surface area contributed by atoms with Crippen molar-refractivity contribution in [1.29, 1.82) is 0 Å². The van der Waals surface area contributed by atoms with E-state index in [0.717, 1.165) is 44.5 Å². The van der Waals surface area contributed by atoms with Gasteiger partial charge in [-0.3, -0.25) is 4.79 Å². The third-order valence-corrected chi connectivity index (χ3v) is 9.12. The number of thiol groups is 1. The van der Waals surface area contributed by atoms with E-state index in [1.165, 1.54) is 75.6 Å². The third-order valence-electron chi connectivity index (χ3n) is 7.87. The lowest BCUT2D eigenvalue weighted by Crippen LogP contribution is -2.27. The molecule has 14 nitrogen and oxygen atoms in total. The molecule has 1 rings (SSSR count). The van der Waals surface area contributed by atoms with E-state index in [1.807, 2.05) is 0 Å². The number of amides is 2. The first-order valence-corrected chi connectivity index (χ1v) is 21.4. The van der Waals surface area contributed by atoms with Crippen LogP contribution in [0.2, 0.25) is 0 Å². The highest BCUT2D eigenvalue weighted by molar-refractivity contribution is 7.89. The van der Waals surface area contributed by atoms with Crippen LogP contribution in [0.5, 0.6) is 0 Å². The molecular weight excluding hydrogens is 727 g/mol. The number of carbonyl (C=O) groups is 2. The minimum absolute atomic E-state index is 0.0416. The molecule has 0 aliphatic heterocycles. The monoisotopic (exact) mass is 793 g/mol. The second kappa shape index (κ2) is 35.7. The van der Waals surface area contributed by atoms with Gasteiger partial charge in [-0.05, 0) is 55.7 Å². The summed E-state index contributed by atoms with van der Waals surface area (Å²) >= 11 is 4.25. The Kier molecular flexibility index (Phi) is 33.0. The van der Waals surface area contributed by atoms with Crippen LogP contribution in [0.15, 0.2) is 29.2 Å². The summed E-state index contributed by atoms with van der Waals surface area (Å²) in [5.74, 6) is 0.729. The maximum Gasteiger partial charge on any atom is 0.407 e. The maximum atomic E-state index is 12.1. The molecular formula is C37H67N3O11S2. The van der Waals surface area contributed by atoms with E-state index in [4.69, 9.17) is 38.3 Å². The van der Waals surface area contributed by atoms with Gasteiger partial charge < -0.3 is 43.8 Å². The van der Waals surface area contributed by atoms with Gasteiger partial charge in [0.2, 0.25) is 10.0 Å². The zero-order chi connectivity index (χ0) is 38.5. The smallest absolute Gasteiger partial charge is 0.407 e. The fraction of sp³-hybridized carbons (Fsp3) is 0.784. The second-order valence-electron chi connectivity index (χ2n) is 12.4. The summed E-state index contributed by atoms with van der Waals surface area (Å²) in [7, 11) is -3.79. The molecule has 0 atom stereocenters. The largest absolute Gasteiger partial charge is 0.447 e.